The minimum absolute atomic E-state index is 0.377. The molecule has 4 nitrogen and oxygen atoms in total. The van der Waals surface area contributed by atoms with Gasteiger partial charge in [0.2, 0.25) is 0 Å². The van der Waals surface area contributed by atoms with E-state index in [9.17, 15) is 21.0 Å². The number of fused-ring (bicyclic) bond motifs is 3. The molecule has 0 saturated heterocycles. The topological polar surface area (TPSA) is 95.2 Å². The fourth-order valence-corrected chi connectivity index (χ4v) is 4.97. The number of nitrogens with zero attached hydrogens (tertiary/aromatic N) is 4. The fraction of sp³-hybridized carbons (Fsp3) is 0.0345. The highest BCUT2D eigenvalue weighted by Crippen LogP contribution is 2.56. The quantitative estimate of drug-likeness (QED) is 0.376. The van der Waals surface area contributed by atoms with Crippen LogP contribution in [-0.4, -0.2) is 0 Å². The van der Waals surface area contributed by atoms with Crippen LogP contribution in [0.2, 0.25) is 0 Å². The molecule has 0 aliphatic heterocycles. The predicted octanol–water partition coefficient (Wildman–Crippen LogP) is 5.54. The minimum Gasteiger partial charge on any atom is -0.192 e. The lowest BCUT2D eigenvalue weighted by Gasteiger charge is -2.34. The van der Waals surface area contributed by atoms with Crippen molar-refractivity contribution in [1.82, 2.24) is 0 Å². The Morgan fingerprint density at radius 3 is 1.12 bits per heavy atom. The molecule has 0 bridgehead atoms. The summed E-state index contributed by atoms with van der Waals surface area (Å²) in [5, 5.41) is 38.8. The maximum atomic E-state index is 9.69. The first-order chi connectivity index (χ1) is 16.1. The van der Waals surface area contributed by atoms with Crippen LogP contribution in [0.15, 0.2) is 84.9 Å². The minimum atomic E-state index is -0.899. The maximum Gasteiger partial charge on any atom is 0.0992 e. The molecule has 0 spiro atoms. The zero-order valence-electron chi connectivity index (χ0n) is 17.4. The first-order valence-corrected chi connectivity index (χ1v) is 10.3. The largest absolute Gasteiger partial charge is 0.192 e. The molecule has 4 aromatic rings. The number of benzene rings is 4. The molecule has 0 fully saturated rings. The molecule has 1 aliphatic rings. The van der Waals surface area contributed by atoms with Gasteiger partial charge in [0.15, 0.2) is 0 Å². The molecule has 0 radical (unpaired) electrons. The summed E-state index contributed by atoms with van der Waals surface area (Å²) in [6, 6.07) is 35.0. The molecule has 0 aromatic heterocycles. The van der Waals surface area contributed by atoms with Gasteiger partial charge in [0.05, 0.1) is 51.9 Å². The van der Waals surface area contributed by atoms with Crippen LogP contribution in [-0.2, 0) is 5.41 Å². The average molecular weight is 418 g/mol. The summed E-state index contributed by atoms with van der Waals surface area (Å²) in [6.45, 7) is 0. The van der Waals surface area contributed by atoms with Gasteiger partial charge in [0, 0.05) is 0 Å². The molecule has 33 heavy (non-hydrogen) atoms. The normalized spacial score (nSPS) is 12.4. The molecular formula is C29H14N4. The third kappa shape index (κ3) is 2.80. The van der Waals surface area contributed by atoms with Gasteiger partial charge >= 0.3 is 0 Å². The summed E-state index contributed by atoms with van der Waals surface area (Å²) in [4.78, 5) is 0. The average Bonchev–Trinajstić information content (AvgIpc) is 3.19. The molecule has 4 heteroatoms. The van der Waals surface area contributed by atoms with Crippen molar-refractivity contribution in [2.75, 3.05) is 0 Å². The van der Waals surface area contributed by atoms with Gasteiger partial charge in [-0.05, 0) is 69.8 Å². The van der Waals surface area contributed by atoms with E-state index in [4.69, 9.17) is 0 Å². The predicted molar refractivity (Wildman–Crippen MR) is 123 cm³/mol. The summed E-state index contributed by atoms with van der Waals surface area (Å²) in [5.41, 5.74) is 6.13. The Morgan fingerprint density at radius 1 is 0.455 bits per heavy atom. The second-order valence-corrected chi connectivity index (χ2v) is 7.89. The van der Waals surface area contributed by atoms with Crippen molar-refractivity contribution in [2.24, 2.45) is 0 Å². The van der Waals surface area contributed by atoms with Crippen LogP contribution in [0.3, 0.4) is 0 Å². The Labute approximate surface area is 191 Å². The molecule has 0 amide bonds. The number of hydrogen-bond acceptors (Lipinski definition) is 4. The summed E-state index contributed by atoms with van der Waals surface area (Å²) < 4.78 is 0. The van der Waals surface area contributed by atoms with Crippen LogP contribution in [0.5, 0.6) is 0 Å². The number of nitriles is 4. The van der Waals surface area contributed by atoms with Gasteiger partial charge < -0.3 is 0 Å². The van der Waals surface area contributed by atoms with Crippen LogP contribution >= 0.6 is 0 Å². The summed E-state index contributed by atoms with van der Waals surface area (Å²) in [7, 11) is 0. The molecule has 0 N–H and O–H groups in total. The summed E-state index contributed by atoms with van der Waals surface area (Å²) >= 11 is 0. The molecular weight excluding hydrogens is 404 g/mol. The Balaban J connectivity index is 2.02. The van der Waals surface area contributed by atoms with E-state index in [0.717, 1.165) is 33.4 Å². The second-order valence-electron chi connectivity index (χ2n) is 7.89. The Morgan fingerprint density at radius 2 is 0.788 bits per heavy atom. The van der Waals surface area contributed by atoms with E-state index in [1.807, 2.05) is 36.4 Å². The molecule has 5 rings (SSSR count). The van der Waals surface area contributed by atoms with E-state index in [-0.39, 0.29) is 0 Å². The van der Waals surface area contributed by atoms with Crippen molar-refractivity contribution in [1.29, 1.82) is 21.0 Å². The van der Waals surface area contributed by atoms with Crippen LogP contribution in [0.25, 0.3) is 11.1 Å². The Kier molecular flexibility index (Phi) is 4.50. The van der Waals surface area contributed by atoms with E-state index < -0.39 is 5.41 Å². The van der Waals surface area contributed by atoms with E-state index in [0.29, 0.717) is 22.3 Å². The molecule has 0 unspecified atom stereocenters. The fourth-order valence-electron chi connectivity index (χ4n) is 4.97. The highest BCUT2D eigenvalue weighted by atomic mass is 14.5. The smallest absolute Gasteiger partial charge is 0.0992 e. The first-order valence-electron chi connectivity index (χ1n) is 10.3. The van der Waals surface area contributed by atoms with Crippen LogP contribution in [0.4, 0.5) is 0 Å². The highest BCUT2D eigenvalue weighted by Gasteiger charge is 2.46. The van der Waals surface area contributed by atoms with Gasteiger partial charge in [0.1, 0.15) is 0 Å². The van der Waals surface area contributed by atoms with Gasteiger partial charge in [-0.15, -0.1) is 0 Å². The zero-order valence-corrected chi connectivity index (χ0v) is 17.4. The summed E-state index contributed by atoms with van der Waals surface area (Å²) in [6.07, 6.45) is 0. The number of rotatable bonds is 2. The van der Waals surface area contributed by atoms with E-state index >= 15 is 0 Å². The third-order valence-electron chi connectivity index (χ3n) is 6.20. The van der Waals surface area contributed by atoms with Crippen molar-refractivity contribution in [3.63, 3.8) is 0 Å². The van der Waals surface area contributed by atoms with Crippen molar-refractivity contribution in [3.8, 4) is 35.4 Å². The molecule has 1 aliphatic carbocycles. The lowest BCUT2D eigenvalue weighted by atomic mass is 9.66. The third-order valence-corrected chi connectivity index (χ3v) is 6.20. The standard InChI is InChI=1S/C29H14N4/c30-15-19-9-20(16-31)12-23(11-19)29(24-13-21(17-32)10-22(14-24)18-33)27-7-3-1-5-25(27)26-6-2-4-8-28(26)29/h1-14H. The van der Waals surface area contributed by atoms with Gasteiger partial charge in [0.25, 0.3) is 0 Å². The van der Waals surface area contributed by atoms with Gasteiger partial charge in [-0.25, -0.2) is 0 Å². The zero-order chi connectivity index (χ0) is 23.0. The molecule has 150 valence electrons. The van der Waals surface area contributed by atoms with Gasteiger partial charge in [-0.3, -0.25) is 0 Å². The lowest BCUT2D eigenvalue weighted by molar-refractivity contribution is 0.766. The van der Waals surface area contributed by atoms with Gasteiger partial charge in [-0.2, -0.15) is 21.0 Å². The molecule has 0 saturated carbocycles. The number of hydrogen-bond donors (Lipinski definition) is 0. The second kappa shape index (κ2) is 7.51. The van der Waals surface area contributed by atoms with Crippen LogP contribution in [0.1, 0.15) is 44.5 Å². The first kappa shape index (κ1) is 19.8. The van der Waals surface area contributed by atoms with Gasteiger partial charge in [-0.1, -0.05) is 48.5 Å². The molecule has 0 atom stereocenters. The van der Waals surface area contributed by atoms with E-state index in [1.54, 1.807) is 36.4 Å². The maximum absolute atomic E-state index is 9.69. The van der Waals surface area contributed by atoms with Crippen molar-refractivity contribution < 1.29 is 0 Å². The highest BCUT2D eigenvalue weighted by molar-refractivity contribution is 5.86. The van der Waals surface area contributed by atoms with Crippen LogP contribution in [0, 0.1) is 45.3 Å². The lowest BCUT2D eigenvalue weighted by Crippen LogP contribution is -2.29. The SMILES string of the molecule is N#Cc1cc(C#N)cc(C2(c3cc(C#N)cc(C#N)c3)c3ccccc3-c3ccccc32)c1. The van der Waals surface area contributed by atoms with Crippen molar-refractivity contribution in [3.05, 3.63) is 129 Å². The molecule has 4 aromatic carbocycles. The monoisotopic (exact) mass is 418 g/mol. The summed E-state index contributed by atoms with van der Waals surface area (Å²) in [5.74, 6) is 0. The van der Waals surface area contributed by atoms with Crippen LogP contribution < -0.4 is 0 Å². The Bertz CT molecular complexity index is 1430. The molecule has 0 heterocycles. The van der Waals surface area contributed by atoms with E-state index in [1.165, 1.54) is 0 Å². The Hall–Kier alpha value is -5.16. The van der Waals surface area contributed by atoms with Crippen molar-refractivity contribution >= 4 is 0 Å². The van der Waals surface area contributed by atoms with Crippen molar-refractivity contribution in [2.45, 2.75) is 5.41 Å². The van der Waals surface area contributed by atoms with E-state index in [2.05, 4.69) is 36.4 Å².